The molecule has 0 amide bonds. The van der Waals surface area contributed by atoms with Crippen molar-refractivity contribution in [1.82, 2.24) is 0 Å². The lowest BCUT2D eigenvalue weighted by Crippen LogP contribution is -1.99. The van der Waals surface area contributed by atoms with Gasteiger partial charge in [0.2, 0.25) is 5.82 Å². The zero-order chi connectivity index (χ0) is 14.7. The van der Waals surface area contributed by atoms with E-state index >= 15 is 0 Å². The summed E-state index contributed by atoms with van der Waals surface area (Å²) >= 11 is 0. The first-order valence-corrected chi connectivity index (χ1v) is 6.02. The second-order valence-electron chi connectivity index (χ2n) is 4.30. The fourth-order valence-corrected chi connectivity index (χ4v) is 1.78. The SMILES string of the molecule is C=CCOc1ccc(-c2ccc(C)c(F)c2)c(F)c1F. The largest absolute Gasteiger partial charge is 0.486 e. The fraction of sp³-hybridized carbons (Fsp3) is 0.125. The molecule has 0 aliphatic heterocycles. The van der Waals surface area contributed by atoms with Crippen molar-refractivity contribution in [3.63, 3.8) is 0 Å². The molecule has 2 rings (SSSR count). The van der Waals surface area contributed by atoms with Crippen LogP contribution in [0.5, 0.6) is 5.75 Å². The predicted octanol–water partition coefficient (Wildman–Crippen LogP) is 4.64. The Morgan fingerprint density at radius 3 is 2.50 bits per heavy atom. The van der Waals surface area contributed by atoms with Crippen molar-refractivity contribution in [3.05, 3.63) is 66.0 Å². The van der Waals surface area contributed by atoms with Gasteiger partial charge >= 0.3 is 0 Å². The van der Waals surface area contributed by atoms with E-state index in [4.69, 9.17) is 4.74 Å². The third-order valence-corrected chi connectivity index (χ3v) is 2.89. The van der Waals surface area contributed by atoms with Crippen molar-refractivity contribution in [3.8, 4) is 16.9 Å². The molecule has 0 unspecified atom stereocenters. The molecule has 0 saturated heterocycles. The maximum absolute atomic E-state index is 14.0. The van der Waals surface area contributed by atoms with Crippen LogP contribution in [0.1, 0.15) is 5.56 Å². The van der Waals surface area contributed by atoms with Gasteiger partial charge in [0, 0.05) is 5.56 Å². The third-order valence-electron chi connectivity index (χ3n) is 2.89. The molecule has 2 aromatic rings. The van der Waals surface area contributed by atoms with Crippen LogP contribution in [0.4, 0.5) is 13.2 Å². The summed E-state index contributed by atoms with van der Waals surface area (Å²) in [7, 11) is 0. The van der Waals surface area contributed by atoms with Crippen LogP contribution >= 0.6 is 0 Å². The van der Waals surface area contributed by atoms with Crippen molar-refractivity contribution in [2.75, 3.05) is 6.61 Å². The lowest BCUT2D eigenvalue weighted by Gasteiger charge is -2.10. The van der Waals surface area contributed by atoms with Gasteiger partial charge in [-0.05, 0) is 36.2 Å². The number of rotatable bonds is 4. The normalized spacial score (nSPS) is 10.4. The molecule has 0 aliphatic rings. The van der Waals surface area contributed by atoms with Gasteiger partial charge in [0.25, 0.3) is 0 Å². The number of hydrogen-bond donors (Lipinski definition) is 0. The summed E-state index contributed by atoms with van der Waals surface area (Å²) in [6.45, 7) is 5.11. The predicted molar refractivity (Wildman–Crippen MR) is 72.2 cm³/mol. The molecule has 4 heteroatoms. The van der Waals surface area contributed by atoms with Crippen LogP contribution in [0.15, 0.2) is 43.0 Å². The van der Waals surface area contributed by atoms with Gasteiger partial charge < -0.3 is 4.74 Å². The zero-order valence-electron chi connectivity index (χ0n) is 10.9. The summed E-state index contributed by atoms with van der Waals surface area (Å²) in [6.07, 6.45) is 1.43. The van der Waals surface area contributed by atoms with Crippen LogP contribution in [0.25, 0.3) is 11.1 Å². The van der Waals surface area contributed by atoms with Crippen LogP contribution in [0.3, 0.4) is 0 Å². The smallest absolute Gasteiger partial charge is 0.201 e. The fourth-order valence-electron chi connectivity index (χ4n) is 1.78. The van der Waals surface area contributed by atoms with Gasteiger partial charge in [-0.15, -0.1) is 0 Å². The molecule has 0 atom stereocenters. The molecular formula is C16H13F3O. The molecule has 2 aromatic carbocycles. The Hall–Kier alpha value is -2.23. The number of aryl methyl sites for hydroxylation is 1. The number of ether oxygens (including phenoxy) is 1. The molecule has 0 aliphatic carbocycles. The van der Waals surface area contributed by atoms with E-state index in [-0.39, 0.29) is 23.5 Å². The molecule has 0 radical (unpaired) electrons. The second-order valence-corrected chi connectivity index (χ2v) is 4.30. The molecule has 0 saturated carbocycles. The molecule has 0 bridgehead atoms. The maximum atomic E-state index is 14.0. The van der Waals surface area contributed by atoms with Gasteiger partial charge in [0.1, 0.15) is 12.4 Å². The minimum atomic E-state index is -1.09. The lowest BCUT2D eigenvalue weighted by atomic mass is 10.0. The van der Waals surface area contributed by atoms with Crippen LogP contribution in [0.2, 0.25) is 0 Å². The van der Waals surface area contributed by atoms with E-state index < -0.39 is 17.5 Å². The molecule has 0 fully saturated rings. The van der Waals surface area contributed by atoms with Crippen LogP contribution < -0.4 is 4.74 Å². The van der Waals surface area contributed by atoms with Crippen LogP contribution in [0, 0.1) is 24.4 Å². The minimum absolute atomic E-state index is 0.00708. The van der Waals surface area contributed by atoms with Crippen LogP contribution in [-0.4, -0.2) is 6.61 Å². The summed E-state index contributed by atoms with van der Waals surface area (Å²) in [5.41, 5.74) is 0.715. The minimum Gasteiger partial charge on any atom is -0.486 e. The average molecular weight is 278 g/mol. The van der Waals surface area contributed by atoms with E-state index in [1.807, 2.05) is 0 Å². The average Bonchev–Trinajstić information content (AvgIpc) is 2.44. The van der Waals surface area contributed by atoms with E-state index in [0.29, 0.717) is 5.56 Å². The summed E-state index contributed by atoms with van der Waals surface area (Å²) in [5.74, 6) is -2.81. The summed E-state index contributed by atoms with van der Waals surface area (Å²) < 4.78 is 46.3. The number of benzene rings is 2. The number of hydrogen-bond acceptors (Lipinski definition) is 1. The Morgan fingerprint density at radius 2 is 1.85 bits per heavy atom. The molecule has 0 spiro atoms. The molecular weight excluding hydrogens is 265 g/mol. The molecule has 0 N–H and O–H groups in total. The molecule has 104 valence electrons. The molecule has 0 heterocycles. The first-order chi connectivity index (χ1) is 9.54. The zero-order valence-corrected chi connectivity index (χ0v) is 10.9. The first kappa shape index (κ1) is 14.2. The molecule has 20 heavy (non-hydrogen) atoms. The summed E-state index contributed by atoms with van der Waals surface area (Å²) in [4.78, 5) is 0. The van der Waals surface area contributed by atoms with Crippen molar-refractivity contribution in [2.24, 2.45) is 0 Å². The quantitative estimate of drug-likeness (QED) is 0.740. The maximum Gasteiger partial charge on any atom is 0.201 e. The second kappa shape index (κ2) is 5.82. The van der Waals surface area contributed by atoms with Gasteiger partial charge in [-0.2, -0.15) is 4.39 Å². The molecule has 1 nitrogen and oxygen atoms in total. The Balaban J connectivity index is 2.45. The first-order valence-electron chi connectivity index (χ1n) is 6.02. The van der Waals surface area contributed by atoms with Gasteiger partial charge in [0.15, 0.2) is 11.6 Å². The Bertz CT molecular complexity index is 650. The van der Waals surface area contributed by atoms with E-state index in [0.717, 1.165) is 0 Å². The van der Waals surface area contributed by atoms with Gasteiger partial charge in [-0.25, -0.2) is 8.78 Å². The van der Waals surface area contributed by atoms with E-state index in [2.05, 4.69) is 6.58 Å². The van der Waals surface area contributed by atoms with Crippen molar-refractivity contribution in [2.45, 2.75) is 6.92 Å². The monoisotopic (exact) mass is 278 g/mol. The topological polar surface area (TPSA) is 9.23 Å². The Labute approximate surface area is 115 Å². The van der Waals surface area contributed by atoms with Crippen molar-refractivity contribution >= 4 is 0 Å². The Kier molecular flexibility index (Phi) is 4.13. The lowest BCUT2D eigenvalue weighted by molar-refractivity contribution is 0.333. The summed E-state index contributed by atoms with van der Waals surface area (Å²) in [6, 6.07) is 6.91. The van der Waals surface area contributed by atoms with Crippen LogP contribution in [-0.2, 0) is 0 Å². The van der Waals surface area contributed by atoms with Gasteiger partial charge in [-0.1, -0.05) is 24.8 Å². The van der Waals surface area contributed by atoms with E-state index in [9.17, 15) is 13.2 Å². The van der Waals surface area contributed by atoms with E-state index in [1.165, 1.54) is 30.3 Å². The third kappa shape index (κ3) is 2.69. The molecule has 0 aromatic heterocycles. The van der Waals surface area contributed by atoms with Gasteiger partial charge in [-0.3, -0.25) is 0 Å². The van der Waals surface area contributed by atoms with Crippen molar-refractivity contribution < 1.29 is 17.9 Å². The highest BCUT2D eigenvalue weighted by Gasteiger charge is 2.16. The van der Waals surface area contributed by atoms with Gasteiger partial charge in [0.05, 0.1) is 0 Å². The van der Waals surface area contributed by atoms with E-state index in [1.54, 1.807) is 13.0 Å². The highest BCUT2D eigenvalue weighted by Crippen LogP contribution is 2.30. The highest BCUT2D eigenvalue weighted by molar-refractivity contribution is 5.65. The summed E-state index contributed by atoms with van der Waals surface area (Å²) in [5, 5.41) is 0. The number of halogens is 3. The highest BCUT2D eigenvalue weighted by atomic mass is 19.2. The standard InChI is InChI=1S/C16H13F3O/c1-3-8-20-14-7-6-12(15(18)16(14)19)11-5-4-10(2)13(17)9-11/h3-7,9H,1,8H2,2H3. The Morgan fingerprint density at radius 1 is 1.10 bits per heavy atom. The van der Waals surface area contributed by atoms with Crippen molar-refractivity contribution in [1.29, 1.82) is 0 Å².